The first-order chi connectivity index (χ1) is 7.91. The van der Waals surface area contributed by atoms with Gasteiger partial charge in [0, 0.05) is 13.1 Å². The molecule has 0 saturated heterocycles. The van der Waals surface area contributed by atoms with Gasteiger partial charge in [0.25, 0.3) is 11.5 Å². The van der Waals surface area contributed by atoms with E-state index in [0.717, 1.165) is 4.68 Å². The number of hydrogen-bond acceptors (Lipinski definition) is 5. The fourth-order valence-corrected chi connectivity index (χ4v) is 1.00. The van der Waals surface area contributed by atoms with Crippen LogP contribution in [0.5, 0.6) is 0 Å². The largest absolute Gasteiger partial charge is 0.381 e. The van der Waals surface area contributed by atoms with E-state index in [2.05, 4.69) is 10.4 Å². The molecule has 1 rings (SSSR count). The number of hydrogen-bond donors (Lipinski definition) is 3. The Morgan fingerprint density at radius 3 is 2.76 bits per heavy atom. The highest BCUT2D eigenvalue weighted by Gasteiger charge is 2.14. The molecule has 17 heavy (non-hydrogen) atoms. The summed E-state index contributed by atoms with van der Waals surface area (Å²) < 4.78 is 0.999. The molecule has 1 heterocycles. The van der Waals surface area contributed by atoms with Crippen molar-refractivity contribution >= 4 is 11.8 Å². The number of aliphatic hydroxyl groups excluding tert-OH is 1. The predicted molar refractivity (Wildman–Crippen MR) is 57.0 cm³/mol. The second-order valence-corrected chi connectivity index (χ2v) is 3.31. The minimum atomic E-state index is -1.45. The third-order valence-electron chi connectivity index (χ3n) is 1.98. The van der Waals surface area contributed by atoms with E-state index in [1.807, 2.05) is 0 Å². The number of aryl methyl sites for hydroxylation is 1. The van der Waals surface area contributed by atoms with Gasteiger partial charge in [-0.15, -0.1) is 0 Å². The molecule has 0 bridgehead atoms. The highest BCUT2D eigenvalue weighted by Crippen LogP contribution is 1.90. The molecule has 1 atom stereocenters. The van der Waals surface area contributed by atoms with Gasteiger partial charge in [-0.25, -0.2) is 4.68 Å². The van der Waals surface area contributed by atoms with Gasteiger partial charge >= 0.3 is 0 Å². The van der Waals surface area contributed by atoms with Crippen molar-refractivity contribution in [2.24, 2.45) is 12.8 Å². The van der Waals surface area contributed by atoms with Crippen molar-refractivity contribution in [2.75, 3.05) is 6.54 Å². The summed E-state index contributed by atoms with van der Waals surface area (Å²) in [6, 6.07) is 2.43. The number of nitrogens with zero attached hydrogens (tertiary/aromatic N) is 2. The zero-order valence-electron chi connectivity index (χ0n) is 9.08. The van der Waals surface area contributed by atoms with Gasteiger partial charge in [0.1, 0.15) is 11.8 Å². The van der Waals surface area contributed by atoms with Gasteiger partial charge in [-0.3, -0.25) is 14.4 Å². The van der Waals surface area contributed by atoms with Crippen molar-refractivity contribution < 1.29 is 14.7 Å². The number of nitrogens with two attached hydrogens (primary N) is 1. The summed E-state index contributed by atoms with van der Waals surface area (Å²) >= 11 is 0. The summed E-state index contributed by atoms with van der Waals surface area (Å²) in [5, 5.41) is 15.0. The summed E-state index contributed by atoms with van der Waals surface area (Å²) in [4.78, 5) is 33.0. The third kappa shape index (κ3) is 3.38. The molecule has 0 spiro atoms. The van der Waals surface area contributed by atoms with Crippen molar-refractivity contribution in [3.05, 3.63) is 28.2 Å². The van der Waals surface area contributed by atoms with Crippen LogP contribution in [0.25, 0.3) is 0 Å². The second kappa shape index (κ2) is 5.21. The summed E-state index contributed by atoms with van der Waals surface area (Å²) in [6.07, 6.45) is -1.45. The maximum atomic E-state index is 11.5. The van der Waals surface area contributed by atoms with E-state index in [1.165, 1.54) is 19.2 Å². The van der Waals surface area contributed by atoms with Crippen LogP contribution in [0.3, 0.4) is 0 Å². The van der Waals surface area contributed by atoms with Crippen molar-refractivity contribution in [3.8, 4) is 0 Å². The lowest BCUT2D eigenvalue weighted by Gasteiger charge is -2.08. The first kappa shape index (κ1) is 12.8. The van der Waals surface area contributed by atoms with Crippen molar-refractivity contribution in [2.45, 2.75) is 6.10 Å². The van der Waals surface area contributed by atoms with E-state index < -0.39 is 17.9 Å². The number of nitrogens with one attached hydrogen (secondary N) is 1. The molecule has 0 aliphatic rings. The Balaban J connectivity index is 2.67. The molecule has 0 aromatic carbocycles. The molecule has 8 heteroatoms. The lowest BCUT2D eigenvalue weighted by molar-refractivity contribution is -0.125. The van der Waals surface area contributed by atoms with Crippen molar-refractivity contribution in [3.63, 3.8) is 0 Å². The van der Waals surface area contributed by atoms with E-state index in [9.17, 15) is 14.4 Å². The molecule has 4 N–H and O–H groups in total. The number of aromatic nitrogens is 2. The Morgan fingerprint density at radius 1 is 1.59 bits per heavy atom. The van der Waals surface area contributed by atoms with Crippen LogP contribution in [0.2, 0.25) is 0 Å². The quantitative estimate of drug-likeness (QED) is 0.530. The molecule has 0 fully saturated rings. The molecule has 8 nitrogen and oxygen atoms in total. The van der Waals surface area contributed by atoms with Crippen LogP contribution < -0.4 is 16.6 Å². The van der Waals surface area contributed by atoms with Crippen molar-refractivity contribution in [1.82, 2.24) is 15.1 Å². The number of primary amides is 1. The minimum absolute atomic E-state index is 0.00349. The Hall–Kier alpha value is -2.22. The molecular weight excluding hydrogens is 228 g/mol. The minimum Gasteiger partial charge on any atom is -0.381 e. The molecule has 92 valence electrons. The predicted octanol–water partition coefficient (Wildman–Crippen LogP) is -2.64. The SMILES string of the molecule is Cn1nc(C(=O)NCC(O)C(N)=O)ccc1=O. The van der Waals surface area contributed by atoms with E-state index >= 15 is 0 Å². The van der Waals surface area contributed by atoms with E-state index in [4.69, 9.17) is 10.8 Å². The number of carbonyl (C=O) groups is 2. The number of aliphatic hydroxyl groups is 1. The van der Waals surface area contributed by atoms with Crippen LogP contribution in [-0.2, 0) is 11.8 Å². The van der Waals surface area contributed by atoms with E-state index in [1.54, 1.807) is 0 Å². The zero-order chi connectivity index (χ0) is 13.0. The summed E-state index contributed by atoms with van der Waals surface area (Å²) in [5.41, 5.74) is 4.46. The van der Waals surface area contributed by atoms with Gasteiger partial charge in [0.15, 0.2) is 0 Å². The molecule has 1 aromatic rings. The first-order valence-corrected chi connectivity index (χ1v) is 4.71. The Bertz CT molecular complexity index is 496. The number of amides is 2. The molecular formula is C9H12N4O4. The van der Waals surface area contributed by atoms with Crippen LogP contribution in [0.4, 0.5) is 0 Å². The molecule has 0 radical (unpaired) electrons. The monoisotopic (exact) mass is 240 g/mol. The van der Waals surface area contributed by atoms with Gasteiger partial charge in [-0.1, -0.05) is 0 Å². The smallest absolute Gasteiger partial charge is 0.271 e. The van der Waals surface area contributed by atoms with Crippen LogP contribution in [0.1, 0.15) is 10.5 Å². The zero-order valence-corrected chi connectivity index (χ0v) is 9.08. The average molecular weight is 240 g/mol. The standard InChI is InChI=1S/C9H12N4O4/c1-13-7(15)3-2-5(12-13)9(17)11-4-6(14)8(10)16/h2-3,6,14H,4H2,1H3,(H2,10,16)(H,11,17). The van der Waals surface area contributed by atoms with Crippen molar-refractivity contribution in [1.29, 1.82) is 0 Å². The molecule has 1 aromatic heterocycles. The normalized spacial score (nSPS) is 11.9. The van der Waals surface area contributed by atoms with Gasteiger partial charge in [-0.05, 0) is 6.07 Å². The molecule has 1 unspecified atom stereocenters. The molecule has 0 saturated carbocycles. The summed E-state index contributed by atoms with van der Waals surface area (Å²) in [6.45, 7) is -0.307. The lowest BCUT2D eigenvalue weighted by Crippen LogP contribution is -2.40. The van der Waals surface area contributed by atoms with E-state index in [-0.39, 0.29) is 17.8 Å². The Labute approximate surface area is 96.0 Å². The fraction of sp³-hybridized carbons (Fsp3) is 0.333. The molecule has 0 aliphatic heterocycles. The van der Waals surface area contributed by atoms with Gasteiger partial charge in [-0.2, -0.15) is 5.10 Å². The second-order valence-electron chi connectivity index (χ2n) is 3.31. The topological polar surface area (TPSA) is 127 Å². The van der Waals surface area contributed by atoms with Crippen LogP contribution in [0, 0.1) is 0 Å². The highest BCUT2D eigenvalue weighted by atomic mass is 16.3. The fourth-order valence-electron chi connectivity index (χ4n) is 1.00. The highest BCUT2D eigenvalue weighted by molar-refractivity contribution is 5.92. The van der Waals surface area contributed by atoms with E-state index in [0.29, 0.717) is 0 Å². The van der Waals surface area contributed by atoms with Crippen LogP contribution in [-0.4, -0.2) is 39.4 Å². The first-order valence-electron chi connectivity index (χ1n) is 4.71. The number of rotatable bonds is 4. The van der Waals surface area contributed by atoms with Crippen LogP contribution >= 0.6 is 0 Å². The maximum Gasteiger partial charge on any atom is 0.271 e. The average Bonchev–Trinajstić information content (AvgIpc) is 2.28. The summed E-state index contributed by atoms with van der Waals surface area (Å²) in [5.74, 6) is -1.54. The van der Waals surface area contributed by atoms with Gasteiger partial charge in [0.05, 0.1) is 6.54 Å². The number of carbonyl (C=O) groups excluding carboxylic acids is 2. The molecule has 2 amide bonds. The lowest BCUT2D eigenvalue weighted by atomic mass is 10.3. The summed E-state index contributed by atoms with van der Waals surface area (Å²) in [7, 11) is 1.40. The molecule has 0 aliphatic carbocycles. The van der Waals surface area contributed by atoms with Crippen LogP contribution in [0.15, 0.2) is 16.9 Å². The Kier molecular flexibility index (Phi) is 3.94. The Morgan fingerprint density at radius 2 is 2.24 bits per heavy atom. The third-order valence-corrected chi connectivity index (χ3v) is 1.98. The van der Waals surface area contributed by atoms with Gasteiger partial charge < -0.3 is 16.2 Å². The maximum absolute atomic E-state index is 11.5. The van der Waals surface area contributed by atoms with Gasteiger partial charge in [0.2, 0.25) is 5.91 Å².